The molecule has 22 heavy (non-hydrogen) atoms. The van der Waals surface area contributed by atoms with Crippen LogP contribution in [0.2, 0.25) is 5.02 Å². The van der Waals surface area contributed by atoms with Crippen molar-refractivity contribution in [1.82, 2.24) is 9.21 Å². The first-order chi connectivity index (χ1) is 10.3. The van der Waals surface area contributed by atoms with Crippen molar-refractivity contribution in [3.05, 3.63) is 32.8 Å². The molecule has 0 radical (unpaired) electrons. The Labute approximate surface area is 134 Å². The molecule has 7 nitrogen and oxygen atoms in total. The summed E-state index contributed by atoms with van der Waals surface area (Å²) in [7, 11) is -3.83. The molecular formula is C13H18ClN3O4S. The lowest BCUT2D eigenvalue weighted by Gasteiger charge is -2.33. The maximum atomic E-state index is 12.7. The second-order valence-electron chi connectivity index (χ2n) is 5.19. The largest absolute Gasteiger partial charge is 0.301 e. The van der Waals surface area contributed by atoms with Crippen LogP contribution in [0.25, 0.3) is 0 Å². The van der Waals surface area contributed by atoms with Crippen LogP contribution in [0.4, 0.5) is 5.69 Å². The molecule has 0 aliphatic carbocycles. The SMILES string of the molecule is CCN1CCN(S(=O)(=O)c2cc(C)cc([N+](=O)[O-])c2Cl)CC1. The fourth-order valence-corrected chi connectivity index (χ4v) is 4.52. The molecule has 9 heteroatoms. The monoisotopic (exact) mass is 347 g/mol. The number of nitro groups is 1. The summed E-state index contributed by atoms with van der Waals surface area (Å²) < 4.78 is 26.8. The molecule has 1 aliphatic rings. The molecule has 2 rings (SSSR count). The molecule has 1 saturated heterocycles. The van der Waals surface area contributed by atoms with E-state index in [0.717, 1.165) is 6.54 Å². The van der Waals surface area contributed by atoms with Gasteiger partial charge in [-0.25, -0.2) is 8.42 Å². The van der Waals surface area contributed by atoms with Gasteiger partial charge in [-0.2, -0.15) is 4.31 Å². The molecule has 1 aromatic carbocycles. The van der Waals surface area contributed by atoms with E-state index >= 15 is 0 Å². The predicted molar refractivity (Wildman–Crippen MR) is 83.7 cm³/mol. The average Bonchev–Trinajstić information content (AvgIpc) is 2.48. The molecule has 0 unspecified atom stereocenters. The number of hydrogen-bond acceptors (Lipinski definition) is 5. The Morgan fingerprint density at radius 3 is 2.36 bits per heavy atom. The van der Waals surface area contributed by atoms with Crippen LogP contribution >= 0.6 is 11.6 Å². The number of likely N-dealkylation sites (N-methyl/N-ethyl adjacent to an activating group) is 1. The normalized spacial score (nSPS) is 17.6. The van der Waals surface area contributed by atoms with Crippen molar-refractivity contribution < 1.29 is 13.3 Å². The number of sulfonamides is 1. The van der Waals surface area contributed by atoms with Crippen LogP contribution < -0.4 is 0 Å². The van der Waals surface area contributed by atoms with E-state index in [-0.39, 0.29) is 15.6 Å². The summed E-state index contributed by atoms with van der Waals surface area (Å²) in [5, 5.41) is 10.7. The van der Waals surface area contributed by atoms with Crippen LogP contribution in [0.1, 0.15) is 12.5 Å². The topological polar surface area (TPSA) is 83.8 Å². The Kier molecular flexibility index (Phi) is 5.06. The Morgan fingerprint density at radius 1 is 1.27 bits per heavy atom. The molecule has 0 amide bonds. The average molecular weight is 348 g/mol. The van der Waals surface area contributed by atoms with Crippen LogP contribution in [0.3, 0.4) is 0 Å². The number of benzene rings is 1. The highest BCUT2D eigenvalue weighted by Gasteiger charge is 2.32. The van der Waals surface area contributed by atoms with Crippen LogP contribution in [-0.2, 0) is 10.0 Å². The maximum Gasteiger partial charge on any atom is 0.289 e. The molecule has 0 saturated carbocycles. The molecule has 1 aromatic rings. The number of hydrogen-bond donors (Lipinski definition) is 0. The minimum Gasteiger partial charge on any atom is -0.301 e. The second kappa shape index (κ2) is 6.49. The van der Waals surface area contributed by atoms with Crippen molar-refractivity contribution in [3.8, 4) is 0 Å². The zero-order valence-corrected chi connectivity index (χ0v) is 14.0. The Balaban J connectivity index is 2.40. The number of nitrogens with zero attached hydrogens (tertiary/aromatic N) is 3. The van der Waals surface area contributed by atoms with Gasteiger partial charge in [0.2, 0.25) is 10.0 Å². The van der Waals surface area contributed by atoms with Crippen molar-refractivity contribution >= 4 is 27.3 Å². The highest BCUT2D eigenvalue weighted by atomic mass is 35.5. The highest BCUT2D eigenvalue weighted by molar-refractivity contribution is 7.89. The van der Waals surface area contributed by atoms with Gasteiger partial charge in [0.1, 0.15) is 9.92 Å². The van der Waals surface area contributed by atoms with E-state index in [1.165, 1.54) is 16.4 Å². The van der Waals surface area contributed by atoms with Gasteiger partial charge in [-0.3, -0.25) is 10.1 Å². The summed E-state index contributed by atoms with van der Waals surface area (Å²) in [5.74, 6) is 0. The van der Waals surface area contributed by atoms with E-state index in [9.17, 15) is 18.5 Å². The van der Waals surface area contributed by atoms with Crippen molar-refractivity contribution in [2.75, 3.05) is 32.7 Å². The van der Waals surface area contributed by atoms with Crippen LogP contribution in [0.5, 0.6) is 0 Å². The van der Waals surface area contributed by atoms with Gasteiger partial charge < -0.3 is 4.90 Å². The molecule has 0 spiro atoms. The molecule has 1 heterocycles. The zero-order chi connectivity index (χ0) is 16.5. The lowest BCUT2D eigenvalue weighted by Crippen LogP contribution is -2.48. The van der Waals surface area contributed by atoms with Gasteiger partial charge in [-0.1, -0.05) is 18.5 Å². The molecule has 0 atom stereocenters. The summed E-state index contributed by atoms with van der Waals surface area (Å²) >= 11 is 5.98. The van der Waals surface area contributed by atoms with E-state index in [1.807, 2.05) is 6.92 Å². The first-order valence-corrected chi connectivity index (χ1v) is 8.76. The first-order valence-electron chi connectivity index (χ1n) is 6.94. The van der Waals surface area contributed by atoms with Crippen molar-refractivity contribution in [1.29, 1.82) is 0 Å². The molecule has 1 fully saturated rings. The molecule has 0 aromatic heterocycles. The summed E-state index contributed by atoms with van der Waals surface area (Å²) in [6.45, 7) is 6.48. The number of piperazine rings is 1. The van der Waals surface area contributed by atoms with Crippen LogP contribution in [0.15, 0.2) is 17.0 Å². The van der Waals surface area contributed by atoms with Crippen molar-refractivity contribution in [3.63, 3.8) is 0 Å². The first kappa shape index (κ1) is 17.1. The predicted octanol–water partition coefficient (Wildman–Crippen LogP) is 1.88. The minimum atomic E-state index is -3.83. The fraction of sp³-hybridized carbons (Fsp3) is 0.538. The molecule has 122 valence electrons. The van der Waals surface area contributed by atoms with Crippen molar-refractivity contribution in [2.24, 2.45) is 0 Å². The van der Waals surface area contributed by atoms with Gasteiger partial charge in [0.15, 0.2) is 0 Å². The van der Waals surface area contributed by atoms with E-state index in [0.29, 0.717) is 31.7 Å². The summed E-state index contributed by atoms with van der Waals surface area (Å²) in [5.41, 5.74) is 0.106. The maximum absolute atomic E-state index is 12.7. The zero-order valence-electron chi connectivity index (χ0n) is 12.5. The quantitative estimate of drug-likeness (QED) is 0.613. The van der Waals surface area contributed by atoms with E-state index in [2.05, 4.69) is 4.90 Å². The number of aryl methyl sites for hydroxylation is 1. The number of halogens is 1. The molecule has 1 aliphatic heterocycles. The van der Waals surface area contributed by atoms with Crippen molar-refractivity contribution in [2.45, 2.75) is 18.7 Å². The van der Waals surface area contributed by atoms with E-state index in [4.69, 9.17) is 11.6 Å². The Hall–Kier alpha value is -1.22. The van der Waals surface area contributed by atoms with Crippen LogP contribution in [-0.4, -0.2) is 55.3 Å². The van der Waals surface area contributed by atoms with E-state index < -0.39 is 14.9 Å². The van der Waals surface area contributed by atoms with E-state index in [1.54, 1.807) is 6.92 Å². The Bertz CT molecular complexity index is 685. The molecule has 0 N–H and O–H groups in total. The van der Waals surface area contributed by atoms with Gasteiger partial charge in [0.05, 0.1) is 4.92 Å². The number of nitro benzene ring substituents is 1. The lowest BCUT2D eigenvalue weighted by atomic mass is 10.2. The highest BCUT2D eigenvalue weighted by Crippen LogP contribution is 2.34. The van der Waals surface area contributed by atoms with Gasteiger partial charge in [-0.05, 0) is 25.1 Å². The van der Waals surface area contributed by atoms with Gasteiger partial charge in [-0.15, -0.1) is 0 Å². The molecular weight excluding hydrogens is 330 g/mol. The number of rotatable bonds is 4. The van der Waals surface area contributed by atoms with Gasteiger partial charge >= 0.3 is 0 Å². The third-order valence-corrected chi connectivity index (χ3v) is 6.19. The third-order valence-electron chi connectivity index (χ3n) is 3.76. The standard InChI is InChI=1S/C13H18ClN3O4S/c1-3-15-4-6-16(7-5-15)22(20,21)12-9-10(2)8-11(13(12)14)17(18)19/h8-9H,3-7H2,1-2H3. The van der Waals surface area contributed by atoms with Gasteiger partial charge in [0, 0.05) is 32.2 Å². The van der Waals surface area contributed by atoms with Gasteiger partial charge in [0.25, 0.3) is 5.69 Å². The lowest BCUT2D eigenvalue weighted by molar-refractivity contribution is -0.385. The van der Waals surface area contributed by atoms with Crippen LogP contribution in [0, 0.1) is 17.0 Å². The third kappa shape index (κ3) is 3.24. The second-order valence-corrected chi connectivity index (χ2v) is 7.48. The fourth-order valence-electron chi connectivity index (χ4n) is 2.46. The summed E-state index contributed by atoms with van der Waals surface area (Å²) in [6.07, 6.45) is 0. The minimum absolute atomic E-state index is 0.189. The summed E-state index contributed by atoms with van der Waals surface area (Å²) in [4.78, 5) is 12.3. The smallest absolute Gasteiger partial charge is 0.289 e. The molecule has 0 bridgehead atoms. The summed E-state index contributed by atoms with van der Waals surface area (Å²) in [6, 6.07) is 2.66. The Morgan fingerprint density at radius 2 is 1.86 bits per heavy atom.